The van der Waals surface area contributed by atoms with Gasteiger partial charge in [0.25, 0.3) is 0 Å². The number of esters is 1. The first kappa shape index (κ1) is 15.7. The predicted molar refractivity (Wildman–Crippen MR) is 71.3 cm³/mol. The highest BCUT2D eigenvalue weighted by atomic mass is 35.5. The molecule has 7 heteroatoms. The van der Waals surface area contributed by atoms with E-state index in [2.05, 4.69) is 4.98 Å². The van der Waals surface area contributed by atoms with Crippen molar-refractivity contribution in [3.63, 3.8) is 0 Å². The Morgan fingerprint density at radius 1 is 1.37 bits per heavy atom. The van der Waals surface area contributed by atoms with Gasteiger partial charge in [0.05, 0.1) is 37.3 Å². The molecule has 6 nitrogen and oxygen atoms in total. The van der Waals surface area contributed by atoms with E-state index in [1.165, 1.54) is 12.3 Å². The number of hydrogen-bond donors (Lipinski definition) is 1. The van der Waals surface area contributed by atoms with Gasteiger partial charge in [0.2, 0.25) is 0 Å². The second-order valence-corrected chi connectivity index (χ2v) is 4.06. The van der Waals surface area contributed by atoms with Crippen LogP contribution in [0.2, 0.25) is 5.15 Å². The minimum Gasteiger partial charge on any atom is -0.462 e. The molecule has 0 aliphatic heterocycles. The van der Waals surface area contributed by atoms with E-state index in [1.807, 2.05) is 0 Å². The van der Waals surface area contributed by atoms with Crippen molar-refractivity contribution in [1.82, 2.24) is 4.98 Å². The van der Waals surface area contributed by atoms with Gasteiger partial charge in [-0.3, -0.25) is 0 Å². The monoisotopic (exact) mass is 288 g/mol. The number of nitrogen functional groups attached to an aromatic ring is 1. The highest BCUT2D eigenvalue weighted by Crippen LogP contribution is 2.16. The fraction of sp³-hybridized carbons (Fsp3) is 0.500. The minimum atomic E-state index is -0.540. The number of halogens is 1. The van der Waals surface area contributed by atoms with Gasteiger partial charge in [-0.2, -0.15) is 0 Å². The number of hydrogen-bond acceptors (Lipinski definition) is 6. The summed E-state index contributed by atoms with van der Waals surface area (Å²) < 4.78 is 15.1. The summed E-state index contributed by atoms with van der Waals surface area (Å²) in [5.74, 6) is -0.540. The van der Waals surface area contributed by atoms with Gasteiger partial charge < -0.3 is 19.9 Å². The number of carbonyl (C=O) groups excluding carboxylic acids is 1. The number of pyridine rings is 1. The van der Waals surface area contributed by atoms with Crippen LogP contribution < -0.4 is 5.73 Å². The highest BCUT2D eigenvalue weighted by Gasteiger charge is 2.13. The van der Waals surface area contributed by atoms with Crippen molar-refractivity contribution in [2.75, 3.05) is 39.3 Å². The molecule has 0 saturated carbocycles. The average molecular weight is 289 g/mol. The Bertz CT molecular complexity index is 415. The van der Waals surface area contributed by atoms with Gasteiger partial charge in [-0.1, -0.05) is 11.6 Å². The van der Waals surface area contributed by atoms with Crippen LogP contribution in [0.5, 0.6) is 0 Å². The van der Waals surface area contributed by atoms with E-state index in [4.69, 9.17) is 31.5 Å². The molecule has 2 N–H and O–H groups in total. The molecule has 1 aromatic rings. The van der Waals surface area contributed by atoms with Crippen LogP contribution in [-0.4, -0.2) is 44.5 Å². The normalized spacial score (nSPS) is 10.4. The van der Waals surface area contributed by atoms with E-state index in [0.717, 1.165) is 0 Å². The molecule has 106 valence electrons. The molecule has 0 spiro atoms. The van der Waals surface area contributed by atoms with Crippen LogP contribution >= 0.6 is 11.6 Å². The molecule has 1 rings (SSSR count). The zero-order valence-corrected chi connectivity index (χ0v) is 11.5. The van der Waals surface area contributed by atoms with Gasteiger partial charge in [-0.15, -0.1) is 0 Å². The summed E-state index contributed by atoms with van der Waals surface area (Å²) in [5, 5.41) is 0.0792. The van der Waals surface area contributed by atoms with Crippen molar-refractivity contribution >= 4 is 23.3 Å². The smallest absolute Gasteiger partial charge is 0.341 e. The zero-order valence-electron chi connectivity index (χ0n) is 10.7. The van der Waals surface area contributed by atoms with Crippen molar-refractivity contribution in [2.45, 2.75) is 6.42 Å². The molecule has 1 aromatic heterocycles. The molecular formula is C12H17ClN2O4. The van der Waals surface area contributed by atoms with Crippen LogP contribution in [0.15, 0.2) is 12.3 Å². The maximum absolute atomic E-state index is 11.7. The van der Waals surface area contributed by atoms with E-state index in [0.29, 0.717) is 31.9 Å². The predicted octanol–water partition coefficient (Wildman–Crippen LogP) is 1.53. The maximum Gasteiger partial charge on any atom is 0.341 e. The second-order valence-electron chi connectivity index (χ2n) is 3.70. The van der Waals surface area contributed by atoms with Crippen LogP contribution in [0, 0.1) is 0 Å². The fourth-order valence-corrected chi connectivity index (χ4v) is 1.44. The van der Waals surface area contributed by atoms with E-state index in [-0.39, 0.29) is 17.3 Å². The first-order valence-electron chi connectivity index (χ1n) is 5.80. The highest BCUT2D eigenvalue weighted by molar-refractivity contribution is 6.32. The van der Waals surface area contributed by atoms with E-state index in [1.54, 1.807) is 7.11 Å². The van der Waals surface area contributed by atoms with Gasteiger partial charge in [0.1, 0.15) is 5.15 Å². The number of methoxy groups -OCH3 is 1. The van der Waals surface area contributed by atoms with E-state index in [9.17, 15) is 4.79 Å². The third-order valence-corrected chi connectivity index (χ3v) is 2.48. The van der Waals surface area contributed by atoms with Crippen LogP contribution in [0.4, 0.5) is 5.69 Å². The summed E-state index contributed by atoms with van der Waals surface area (Å²) in [6.07, 6.45) is 1.98. The Balaban J connectivity index is 2.26. The van der Waals surface area contributed by atoms with Crippen LogP contribution in [0.25, 0.3) is 0 Å². The quantitative estimate of drug-likeness (QED) is 0.444. The molecule has 0 fully saturated rings. The standard InChI is InChI=1S/C12H17ClN2O4/c1-17-5-6-18-3-2-4-19-12(16)10-7-9(14)8-15-11(10)13/h7-8H,2-6,14H2,1H3. The molecule has 0 radical (unpaired) electrons. The number of rotatable bonds is 8. The summed E-state index contributed by atoms with van der Waals surface area (Å²) in [6, 6.07) is 1.44. The average Bonchev–Trinajstić information content (AvgIpc) is 2.40. The van der Waals surface area contributed by atoms with Crippen molar-refractivity contribution < 1.29 is 19.0 Å². The number of nitrogens with two attached hydrogens (primary N) is 1. The molecule has 0 atom stereocenters. The molecule has 0 bridgehead atoms. The van der Waals surface area contributed by atoms with Crippen LogP contribution in [-0.2, 0) is 14.2 Å². The van der Waals surface area contributed by atoms with Crippen molar-refractivity contribution in [1.29, 1.82) is 0 Å². The second kappa shape index (κ2) is 8.68. The van der Waals surface area contributed by atoms with Gasteiger partial charge in [-0.05, 0) is 6.07 Å². The Kier molecular flexibility index (Phi) is 7.17. The third kappa shape index (κ3) is 5.87. The number of nitrogens with zero attached hydrogens (tertiary/aromatic N) is 1. The Labute approximate surface area is 116 Å². The lowest BCUT2D eigenvalue weighted by Crippen LogP contribution is -2.11. The lowest BCUT2D eigenvalue weighted by Gasteiger charge is -2.07. The van der Waals surface area contributed by atoms with Crippen LogP contribution in [0.1, 0.15) is 16.8 Å². The Morgan fingerprint density at radius 3 is 2.89 bits per heavy atom. The van der Waals surface area contributed by atoms with Gasteiger partial charge in [0, 0.05) is 20.1 Å². The van der Waals surface area contributed by atoms with E-state index >= 15 is 0 Å². The Morgan fingerprint density at radius 2 is 2.16 bits per heavy atom. The third-order valence-electron chi connectivity index (χ3n) is 2.18. The molecule has 0 aliphatic rings. The first-order valence-corrected chi connectivity index (χ1v) is 6.17. The number of anilines is 1. The topological polar surface area (TPSA) is 83.7 Å². The van der Waals surface area contributed by atoms with Crippen molar-refractivity contribution in [2.24, 2.45) is 0 Å². The summed E-state index contributed by atoms with van der Waals surface area (Å²) in [5.41, 5.74) is 6.06. The Hall–Kier alpha value is -1.37. The molecule has 19 heavy (non-hydrogen) atoms. The number of carbonyl (C=O) groups is 1. The molecule has 0 amide bonds. The summed E-state index contributed by atoms with van der Waals surface area (Å²) in [7, 11) is 1.61. The number of ether oxygens (including phenoxy) is 3. The van der Waals surface area contributed by atoms with Crippen LogP contribution in [0.3, 0.4) is 0 Å². The SMILES string of the molecule is COCCOCCCOC(=O)c1cc(N)cnc1Cl. The zero-order chi connectivity index (χ0) is 14.1. The minimum absolute atomic E-state index is 0.0792. The lowest BCUT2D eigenvalue weighted by molar-refractivity contribution is 0.0385. The molecular weight excluding hydrogens is 272 g/mol. The first-order chi connectivity index (χ1) is 9.15. The molecule has 0 aliphatic carbocycles. The van der Waals surface area contributed by atoms with Gasteiger partial charge in [0.15, 0.2) is 0 Å². The summed E-state index contributed by atoms with van der Waals surface area (Å²) in [6.45, 7) is 1.82. The maximum atomic E-state index is 11.7. The van der Waals surface area contributed by atoms with Gasteiger partial charge in [-0.25, -0.2) is 9.78 Å². The molecule has 0 saturated heterocycles. The summed E-state index contributed by atoms with van der Waals surface area (Å²) in [4.78, 5) is 15.5. The summed E-state index contributed by atoms with van der Waals surface area (Å²) >= 11 is 5.78. The fourth-order valence-electron chi connectivity index (χ4n) is 1.26. The van der Waals surface area contributed by atoms with Gasteiger partial charge >= 0.3 is 5.97 Å². The van der Waals surface area contributed by atoms with Crippen molar-refractivity contribution in [3.8, 4) is 0 Å². The lowest BCUT2D eigenvalue weighted by atomic mass is 10.2. The molecule has 1 heterocycles. The number of aromatic nitrogens is 1. The van der Waals surface area contributed by atoms with Crippen molar-refractivity contribution in [3.05, 3.63) is 23.0 Å². The molecule has 0 aromatic carbocycles. The molecule has 0 unspecified atom stereocenters. The van der Waals surface area contributed by atoms with E-state index < -0.39 is 5.97 Å². The largest absolute Gasteiger partial charge is 0.462 e.